The Balaban J connectivity index is 2.99. The fourth-order valence-electron chi connectivity index (χ4n) is 1.60. The molecule has 1 aromatic heterocycles. The molecule has 0 saturated heterocycles. The molecule has 0 fully saturated rings. The Morgan fingerprint density at radius 2 is 2.23 bits per heavy atom. The van der Waals surface area contributed by atoms with Gasteiger partial charge in [0.1, 0.15) is 0 Å². The van der Waals surface area contributed by atoms with E-state index in [0.717, 1.165) is 18.3 Å². The largest absolute Gasteiger partial charge is 0.269 e. The molecule has 0 saturated carbocycles. The Hall–Kier alpha value is -0.310. The lowest BCUT2D eigenvalue weighted by Gasteiger charge is -2.10. The average molecular weight is 245 g/mol. The maximum atomic E-state index is 4.38. The zero-order valence-electron chi connectivity index (χ0n) is 8.55. The lowest BCUT2D eigenvalue weighted by molar-refractivity contribution is 0.556. The molecule has 0 spiro atoms. The van der Waals surface area contributed by atoms with Crippen LogP contribution in [0, 0.1) is 0 Å². The summed E-state index contributed by atoms with van der Waals surface area (Å²) in [6, 6.07) is 0. The van der Waals surface area contributed by atoms with E-state index in [9.17, 15) is 0 Å². The van der Waals surface area contributed by atoms with Gasteiger partial charge in [0.05, 0.1) is 6.20 Å². The van der Waals surface area contributed by atoms with E-state index in [1.54, 1.807) is 0 Å². The zero-order valence-corrected chi connectivity index (χ0v) is 10.1. The zero-order chi connectivity index (χ0) is 9.84. The first-order chi connectivity index (χ1) is 6.20. The van der Waals surface area contributed by atoms with E-state index in [2.05, 4.69) is 46.5 Å². The van der Waals surface area contributed by atoms with E-state index >= 15 is 0 Å². The van der Waals surface area contributed by atoms with Crippen LogP contribution in [0.15, 0.2) is 6.20 Å². The number of nitrogens with zero attached hydrogens (tertiary/aromatic N) is 2. The molecule has 1 aromatic rings. The van der Waals surface area contributed by atoms with Crippen molar-refractivity contribution in [3.05, 3.63) is 17.5 Å². The van der Waals surface area contributed by atoms with E-state index in [-0.39, 0.29) is 0 Å². The summed E-state index contributed by atoms with van der Waals surface area (Å²) in [5.74, 6) is 0.557. The SMILES string of the molecule is CCCn1ncc(CBr)c1C(C)C. The van der Waals surface area contributed by atoms with Crippen molar-refractivity contribution in [1.29, 1.82) is 0 Å². The second kappa shape index (κ2) is 4.80. The second-order valence-corrected chi connectivity index (χ2v) is 4.13. The fraction of sp³-hybridized carbons (Fsp3) is 0.700. The summed E-state index contributed by atoms with van der Waals surface area (Å²) in [6.45, 7) is 7.64. The van der Waals surface area contributed by atoms with E-state index < -0.39 is 0 Å². The molecular weight excluding hydrogens is 228 g/mol. The summed E-state index contributed by atoms with van der Waals surface area (Å²) in [6.07, 6.45) is 3.11. The topological polar surface area (TPSA) is 17.8 Å². The maximum Gasteiger partial charge on any atom is 0.0533 e. The van der Waals surface area contributed by atoms with Gasteiger partial charge in [-0.25, -0.2) is 0 Å². The molecule has 0 bridgehead atoms. The van der Waals surface area contributed by atoms with Gasteiger partial charge in [-0.15, -0.1) is 0 Å². The standard InChI is InChI=1S/C10H17BrN2/c1-4-5-13-10(8(2)3)9(6-11)7-12-13/h7-8H,4-6H2,1-3H3. The average Bonchev–Trinajstić information content (AvgIpc) is 2.48. The van der Waals surface area contributed by atoms with Crippen molar-refractivity contribution in [1.82, 2.24) is 9.78 Å². The van der Waals surface area contributed by atoms with Gasteiger partial charge in [0.25, 0.3) is 0 Å². The van der Waals surface area contributed by atoms with Gasteiger partial charge >= 0.3 is 0 Å². The van der Waals surface area contributed by atoms with Crippen LogP contribution in [0.25, 0.3) is 0 Å². The molecule has 2 nitrogen and oxygen atoms in total. The molecule has 1 rings (SSSR count). The Morgan fingerprint density at radius 1 is 1.54 bits per heavy atom. The molecule has 74 valence electrons. The lowest BCUT2D eigenvalue weighted by atomic mass is 10.1. The quantitative estimate of drug-likeness (QED) is 0.744. The maximum absolute atomic E-state index is 4.38. The first kappa shape index (κ1) is 10.8. The molecule has 0 N–H and O–H groups in total. The third kappa shape index (κ3) is 2.33. The van der Waals surface area contributed by atoms with Gasteiger partial charge < -0.3 is 0 Å². The highest BCUT2D eigenvalue weighted by molar-refractivity contribution is 9.08. The molecule has 0 aliphatic carbocycles. The van der Waals surface area contributed by atoms with Gasteiger partial charge in [0.15, 0.2) is 0 Å². The number of halogens is 1. The minimum Gasteiger partial charge on any atom is -0.269 e. The monoisotopic (exact) mass is 244 g/mol. The van der Waals surface area contributed by atoms with Crippen LogP contribution in [0.1, 0.15) is 44.4 Å². The van der Waals surface area contributed by atoms with Crippen LogP contribution in [-0.4, -0.2) is 9.78 Å². The van der Waals surface area contributed by atoms with Crippen LogP contribution < -0.4 is 0 Å². The molecule has 0 radical (unpaired) electrons. The Labute approximate surface area is 88.5 Å². The van der Waals surface area contributed by atoms with Crippen molar-refractivity contribution in [2.45, 2.75) is 45.0 Å². The van der Waals surface area contributed by atoms with E-state index in [1.807, 2.05) is 6.20 Å². The van der Waals surface area contributed by atoms with Crippen LogP contribution in [0.3, 0.4) is 0 Å². The molecule has 0 unspecified atom stereocenters. The lowest BCUT2D eigenvalue weighted by Crippen LogP contribution is -2.06. The summed E-state index contributed by atoms with van der Waals surface area (Å²) in [5, 5.41) is 5.29. The van der Waals surface area contributed by atoms with Crippen LogP contribution >= 0.6 is 15.9 Å². The van der Waals surface area contributed by atoms with E-state index in [1.165, 1.54) is 11.3 Å². The molecule has 0 aliphatic rings. The van der Waals surface area contributed by atoms with E-state index in [0.29, 0.717) is 5.92 Å². The van der Waals surface area contributed by atoms with Crippen molar-refractivity contribution in [3.8, 4) is 0 Å². The predicted molar refractivity (Wildman–Crippen MR) is 59.2 cm³/mol. The van der Waals surface area contributed by atoms with Gasteiger partial charge in [-0.05, 0) is 12.3 Å². The van der Waals surface area contributed by atoms with Crippen molar-refractivity contribution >= 4 is 15.9 Å². The van der Waals surface area contributed by atoms with Gasteiger partial charge in [0, 0.05) is 23.1 Å². The minimum atomic E-state index is 0.557. The number of hydrogen-bond donors (Lipinski definition) is 0. The second-order valence-electron chi connectivity index (χ2n) is 3.57. The number of aromatic nitrogens is 2. The third-order valence-corrected chi connectivity index (χ3v) is 2.69. The summed E-state index contributed by atoms with van der Waals surface area (Å²) in [4.78, 5) is 0. The number of hydrogen-bond acceptors (Lipinski definition) is 1. The van der Waals surface area contributed by atoms with Crippen LogP contribution in [0.2, 0.25) is 0 Å². The Morgan fingerprint density at radius 3 is 2.69 bits per heavy atom. The molecule has 0 aliphatic heterocycles. The predicted octanol–water partition coefficient (Wildman–Crippen LogP) is 3.31. The molecule has 3 heteroatoms. The van der Waals surface area contributed by atoms with Crippen LogP contribution in [0.5, 0.6) is 0 Å². The number of aryl methyl sites for hydroxylation is 1. The summed E-state index contributed by atoms with van der Waals surface area (Å²) >= 11 is 3.49. The smallest absolute Gasteiger partial charge is 0.0533 e. The first-order valence-electron chi connectivity index (χ1n) is 4.81. The van der Waals surface area contributed by atoms with Crippen LogP contribution in [-0.2, 0) is 11.9 Å². The van der Waals surface area contributed by atoms with Crippen molar-refractivity contribution in [3.63, 3.8) is 0 Å². The van der Waals surface area contributed by atoms with E-state index in [4.69, 9.17) is 0 Å². The van der Waals surface area contributed by atoms with Gasteiger partial charge in [-0.1, -0.05) is 36.7 Å². The molecule has 1 heterocycles. The summed E-state index contributed by atoms with van der Waals surface area (Å²) in [7, 11) is 0. The molecule has 0 amide bonds. The summed E-state index contributed by atoms with van der Waals surface area (Å²) < 4.78 is 2.13. The number of rotatable bonds is 4. The van der Waals surface area contributed by atoms with Crippen molar-refractivity contribution < 1.29 is 0 Å². The highest BCUT2D eigenvalue weighted by atomic mass is 79.9. The molecular formula is C10H17BrN2. The van der Waals surface area contributed by atoms with Crippen molar-refractivity contribution in [2.75, 3.05) is 0 Å². The van der Waals surface area contributed by atoms with Crippen molar-refractivity contribution in [2.24, 2.45) is 0 Å². The molecule has 0 atom stereocenters. The van der Waals surface area contributed by atoms with Gasteiger partial charge in [0.2, 0.25) is 0 Å². The number of alkyl halides is 1. The van der Waals surface area contributed by atoms with Gasteiger partial charge in [-0.3, -0.25) is 4.68 Å². The van der Waals surface area contributed by atoms with Crippen LogP contribution in [0.4, 0.5) is 0 Å². The third-order valence-electron chi connectivity index (χ3n) is 2.09. The fourth-order valence-corrected chi connectivity index (χ4v) is 2.03. The highest BCUT2D eigenvalue weighted by Crippen LogP contribution is 2.21. The Bertz CT molecular complexity index is 266. The first-order valence-corrected chi connectivity index (χ1v) is 5.93. The summed E-state index contributed by atoms with van der Waals surface area (Å²) in [5.41, 5.74) is 2.70. The van der Waals surface area contributed by atoms with Gasteiger partial charge in [-0.2, -0.15) is 5.10 Å². The molecule has 13 heavy (non-hydrogen) atoms. The Kier molecular flexibility index (Phi) is 3.97. The molecule has 0 aromatic carbocycles. The minimum absolute atomic E-state index is 0.557. The normalized spacial score (nSPS) is 11.2. The highest BCUT2D eigenvalue weighted by Gasteiger charge is 2.12.